The molecule has 1 heterocycles. The smallest absolute Gasteiger partial charge is 0.228 e. The average molecular weight is 292 g/mol. The predicted molar refractivity (Wildman–Crippen MR) is 75.3 cm³/mol. The number of nitrogens with one attached hydrogen (secondary N) is 1. The minimum Gasteiger partial charge on any atom is -0.327 e. The second-order valence-electron chi connectivity index (χ2n) is 4.94. The number of aryl methyl sites for hydroxylation is 1. The Hall–Kier alpha value is -2.35. The van der Waals surface area contributed by atoms with Crippen LogP contribution in [-0.2, 0) is 4.79 Å². The van der Waals surface area contributed by atoms with Gasteiger partial charge in [0.1, 0.15) is 11.5 Å². The van der Waals surface area contributed by atoms with Gasteiger partial charge in [-0.05, 0) is 42.5 Å². The van der Waals surface area contributed by atoms with Crippen LogP contribution >= 0.6 is 0 Å². The number of hydrogen-bond donors (Lipinski definition) is 2. The summed E-state index contributed by atoms with van der Waals surface area (Å²) in [6, 6.07) is 3.93. The van der Waals surface area contributed by atoms with E-state index in [0.717, 1.165) is 0 Å². The van der Waals surface area contributed by atoms with E-state index in [2.05, 4.69) is 20.8 Å². The van der Waals surface area contributed by atoms with Crippen molar-refractivity contribution in [2.75, 3.05) is 5.32 Å². The normalized spacial score (nSPS) is 13.8. The van der Waals surface area contributed by atoms with Crippen LogP contribution < -0.4 is 11.1 Å². The number of anilines is 1. The van der Waals surface area contributed by atoms with Crippen LogP contribution in [0.25, 0.3) is 5.69 Å². The molecule has 1 aromatic heterocycles. The second kappa shape index (κ2) is 5.96. The van der Waals surface area contributed by atoms with E-state index < -0.39 is 5.82 Å². The van der Waals surface area contributed by atoms with E-state index in [1.807, 2.05) is 0 Å². The van der Waals surface area contributed by atoms with Gasteiger partial charge in [-0.15, -0.1) is 5.10 Å². The average Bonchev–Trinajstić information content (AvgIpc) is 2.86. The highest BCUT2D eigenvalue weighted by atomic mass is 19.1. The molecule has 0 aliphatic heterocycles. The van der Waals surface area contributed by atoms with Crippen LogP contribution in [-0.4, -0.2) is 32.2 Å². The first-order valence-corrected chi connectivity index (χ1v) is 6.51. The third kappa shape index (κ3) is 3.22. The Morgan fingerprint density at radius 3 is 2.71 bits per heavy atom. The van der Waals surface area contributed by atoms with Crippen molar-refractivity contribution in [1.29, 1.82) is 0 Å². The van der Waals surface area contributed by atoms with E-state index in [0.29, 0.717) is 11.5 Å². The number of aromatic nitrogens is 4. The van der Waals surface area contributed by atoms with Crippen LogP contribution in [0.5, 0.6) is 0 Å². The lowest BCUT2D eigenvalue weighted by Gasteiger charge is -2.16. The second-order valence-corrected chi connectivity index (χ2v) is 4.94. The number of rotatable bonds is 4. The maximum Gasteiger partial charge on any atom is 0.228 e. The highest BCUT2D eigenvalue weighted by molar-refractivity contribution is 5.93. The van der Waals surface area contributed by atoms with Gasteiger partial charge in [-0.25, -0.2) is 4.39 Å². The number of carbonyl (C=O) groups excluding carboxylic acids is 1. The van der Waals surface area contributed by atoms with Crippen molar-refractivity contribution < 1.29 is 9.18 Å². The van der Waals surface area contributed by atoms with Crippen molar-refractivity contribution in [1.82, 2.24) is 20.2 Å². The summed E-state index contributed by atoms with van der Waals surface area (Å²) in [5, 5.41) is 13.6. The molecule has 2 aromatic rings. The van der Waals surface area contributed by atoms with Crippen LogP contribution in [0.1, 0.15) is 19.7 Å². The SMILES string of the molecule is Cc1nnnn1-c1cc(NC(=O)C(C)C(C)N)ccc1F. The summed E-state index contributed by atoms with van der Waals surface area (Å²) in [5.41, 5.74) is 6.32. The number of benzene rings is 1. The molecule has 1 aromatic carbocycles. The molecule has 2 rings (SSSR count). The third-order valence-corrected chi connectivity index (χ3v) is 3.27. The van der Waals surface area contributed by atoms with Gasteiger partial charge in [0.2, 0.25) is 5.91 Å². The molecule has 3 N–H and O–H groups in total. The minimum atomic E-state index is -0.483. The molecule has 7 nitrogen and oxygen atoms in total. The summed E-state index contributed by atoms with van der Waals surface area (Å²) in [6.07, 6.45) is 0. The van der Waals surface area contributed by atoms with E-state index in [1.165, 1.54) is 22.9 Å². The van der Waals surface area contributed by atoms with Gasteiger partial charge in [0.05, 0.1) is 5.92 Å². The van der Waals surface area contributed by atoms with Crippen molar-refractivity contribution in [3.8, 4) is 5.69 Å². The zero-order chi connectivity index (χ0) is 15.6. The maximum atomic E-state index is 13.9. The first kappa shape index (κ1) is 15.0. The monoisotopic (exact) mass is 292 g/mol. The predicted octanol–water partition coefficient (Wildman–Crippen LogP) is 1.03. The quantitative estimate of drug-likeness (QED) is 0.877. The van der Waals surface area contributed by atoms with Gasteiger partial charge in [-0.1, -0.05) is 6.92 Å². The molecule has 21 heavy (non-hydrogen) atoms. The van der Waals surface area contributed by atoms with E-state index >= 15 is 0 Å². The number of nitrogens with two attached hydrogens (primary N) is 1. The van der Waals surface area contributed by atoms with Gasteiger partial charge in [-0.2, -0.15) is 4.68 Å². The molecule has 0 bridgehead atoms. The molecule has 2 atom stereocenters. The Bertz CT molecular complexity index is 654. The first-order chi connectivity index (χ1) is 9.90. The Morgan fingerprint density at radius 1 is 1.43 bits per heavy atom. The fourth-order valence-corrected chi connectivity index (χ4v) is 1.70. The Kier molecular flexibility index (Phi) is 4.27. The molecule has 8 heteroatoms. The molecule has 0 aliphatic rings. The lowest BCUT2D eigenvalue weighted by Crippen LogP contribution is -2.34. The third-order valence-electron chi connectivity index (χ3n) is 3.27. The van der Waals surface area contributed by atoms with E-state index in [1.54, 1.807) is 20.8 Å². The summed E-state index contributed by atoms with van der Waals surface area (Å²) < 4.78 is 15.2. The minimum absolute atomic E-state index is 0.170. The molecule has 1 amide bonds. The van der Waals surface area contributed by atoms with Crippen molar-refractivity contribution in [3.05, 3.63) is 29.8 Å². The van der Waals surface area contributed by atoms with Gasteiger partial charge >= 0.3 is 0 Å². The topological polar surface area (TPSA) is 98.7 Å². The van der Waals surface area contributed by atoms with Gasteiger partial charge in [0.25, 0.3) is 0 Å². The van der Waals surface area contributed by atoms with Crippen molar-refractivity contribution in [2.24, 2.45) is 11.7 Å². The number of tetrazole rings is 1. The summed E-state index contributed by atoms with van der Waals surface area (Å²) in [6.45, 7) is 5.14. The number of carbonyl (C=O) groups is 1. The van der Waals surface area contributed by atoms with E-state index in [-0.39, 0.29) is 23.6 Å². The lowest BCUT2D eigenvalue weighted by molar-refractivity contribution is -0.119. The highest BCUT2D eigenvalue weighted by Gasteiger charge is 2.18. The summed E-state index contributed by atoms with van der Waals surface area (Å²) in [5.74, 6) is -0.616. The number of hydrogen-bond acceptors (Lipinski definition) is 5. The van der Waals surface area contributed by atoms with E-state index in [4.69, 9.17) is 5.73 Å². The highest BCUT2D eigenvalue weighted by Crippen LogP contribution is 2.19. The molecular weight excluding hydrogens is 275 g/mol. The molecule has 2 unspecified atom stereocenters. The van der Waals surface area contributed by atoms with Gasteiger partial charge in [0.15, 0.2) is 5.82 Å². The first-order valence-electron chi connectivity index (χ1n) is 6.51. The zero-order valence-electron chi connectivity index (χ0n) is 12.0. The number of amides is 1. The zero-order valence-corrected chi connectivity index (χ0v) is 12.0. The van der Waals surface area contributed by atoms with E-state index in [9.17, 15) is 9.18 Å². The molecule has 0 spiro atoms. The van der Waals surface area contributed by atoms with Gasteiger partial charge < -0.3 is 11.1 Å². The number of nitrogens with zero attached hydrogens (tertiary/aromatic N) is 4. The van der Waals surface area contributed by atoms with Crippen LogP contribution in [0.3, 0.4) is 0 Å². The Labute approximate surface area is 121 Å². The van der Waals surface area contributed by atoms with Crippen LogP contribution in [0.2, 0.25) is 0 Å². The Balaban J connectivity index is 2.28. The molecular formula is C13H17FN6O. The lowest BCUT2D eigenvalue weighted by atomic mass is 10.0. The molecule has 0 fully saturated rings. The fraction of sp³-hybridized carbons (Fsp3) is 0.385. The van der Waals surface area contributed by atoms with Crippen LogP contribution in [0.4, 0.5) is 10.1 Å². The van der Waals surface area contributed by atoms with Gasteiger partial charge in [-0.3, -0.25) is 4.79 Å². The van der Waals surface area contributed by atoms with Crippen molar-refractivity contribution in [2.45, 2.75) is 26.8 Å². The fourth-order valence-electron chi connectivity index (χ4n) is 1.70. The van der Waals surface area contributed by atoms with Crippen LogP contribution in [0.15, 0.2) is 18.2 Å². The number of halogens is 1. The molecule has 112 valence electrons. The summed E-state index contributed by atoms with van der Waals surface area (Å²) in [7, 11) is 0. The summed E-state index contributed by atoms with van der Waals surface area (Å²) in [4.78, 5) is 12.0. The largest absolute Gasteiger partial charge is 0.327 e. The molecule has 0 saturated heterocycles. The van der Waals surface area contributed by atoms with Gasteiger partial charge in [0, 0.05) is 11.7 Å². The summed E-state index contributed by atoms with van der Waals surface area (Å²) >= 11 is 0. The maximum absolute atomic E-state index is 13.9. The van der Waals surface area contributed by atoms with Crippen LogP contribution in [0, 0.1) is 18.7 Å². The Morgan fingerprint density at radius 2 is 2.14 bits per heavy atom. The molecule has 0 saturated carbocycles. The molecule has 0 radical (unpaired) electrons. The standard InChI is InChI=1S/C13H17FN6O/c1-7(8(2)15)13(21)16-10-4-5-11(14)12(6-10)20-9(3)17-18-19-20/h4-8H,15H2,1-3H3,(H,16,21). The van der Waals surface area contributed by atoms with Crippen molar-refractivity contribution >= 4 is 11.6 Å². The van der Waals surface area contributed by atoms with Crippen molar-refractivity contribution in [3.63, 3.8) is 0 Å². The molecule has 0 aliphatic carbocycles.